The molecule has 5 heterocycles. The molecule has 9 rings (SSSR count). The molecule has 208 valence electrons. The number of fused-ring (bicyclic) bond motifs is 20. The summed E-state index contributed by atoms with van der Waals surface area (Å²) in [5.74, 6) is 2.00. The molecule has 0 amide bonds. The van der Waals surface area contributed by atoms with Crippen LogP contribution in [0.3, 0.4) is 0 Å². The second-order valence-electron chi connectivity index (χ2n) is 10.2. The summed E-state index contributed by atoms with van der Waals surface area (Å²) in [7, 11) is 0. The molecule has 0 fully saturated rings. The SMILES string of the molecule is [O]=[V](=[O])[O]c1cccc2c3nc4nc(nc5[nH]c(nc6nc(nc([nH]3)c12)-c1ccccc1-6)c1ccccc51)-c1ccccc1-4. The molecule has 0 radical (unpaired) electrons. The van der Waals surface area contributed by atoms with E-state index >= 15 is 0 Å². The third kappa shape index (κ3) is 3.77. The minimum absolute atomic E-state index is 0.156. The van der Waals surface area contributed by atoms with Crippen LogP contribution in [0.25, 0.3) is 89.7 Å². The van der Waals surface area contributed by atoms with Crippen molar-refractivity contribution in [2.75, 3.05) is 0 Å². The summed E-state index contributed by atoms with van der Waals surface area (Å²) in [5.41, 5.74) is 5.24. The monoisotopic (exact) mass is 612 g/mol. The number of rotatable bonds is 2. The first-order chi connectivity index (χ1) is 21.6. The Kier molecular flexibility index (Phi) is 5.28. The van der Waals surface area contributed by atoms with Gasteiger partial charge in [-0.2, -0.15) is 0 Å². The third-order valence-electron chi connectivity index (χ3n) is 7.71. The topological polar surface area (TPSA) is 152 Å². The Morgan fingerprint density at radius 1 is 0.455 bits per heavy atom. The van der Waals surface area contributed by atoms with Crippen molar-refractivity contribution in [3.8, 4) is 51.3 Å². The maximum absolute atomic E-state index is 11.7. The van der Waals surface area contributed by atoms with Crippen LogP contribution in [0.1, 0.15) is 0 Å². The fourth-order valence-electron chi connectivity index (χ4n) is 5.81. The van der Waals surface area contributed by atoms with E-state index in [9.17, 15) is 7.35 Å². The number of hydrogen-bond acceptors (Lipinski definition) is 9. The molecule has 0 spiro atoms. The number of aromatic nitrogens is 8. The van der Waals surface area contributed by atoms with Crippen molar-refractivity contribution in [3.63, 3.8) is 0 Å². The van der Waals surface area contributed by atoms with Crippen molar-refractivity contribution < 1.29 is 26.4 Å². The van der Waals surface area contributed by atoms with Crippen molar-refractivity contribution in [3.05, 3.63) is 91.0 Å². The van der Waals surface area contributed by atoms with E-state index in [0.717, 1.165) is 33.0 Å². The van der Waals surface area contributed by atoms with Gasteiger partial charge in [-0.3, -0.25) is 0 Å². The van der Waals surface area contributed by atoms with Gasteiger partial charge in [0.25, 0.3) is 0 Å². The first kappa shape index (κ1) is 24.8. The molecule has 2 aliphatic rings. The van der Waals surface area contributed by atoms with Gasteiger partial charge in [0, 0.05) is 0 Å². The molecule has 11 nitrogen and oxygen atoms in total. The Bertz CT molecular complexity index is 2590. The van der Waals surface area contributed by atoms with E-state index in [2.05, 4.69) is 9.97 Å². The summed E-state index contributed by atoms with van der Waals surface area (Å²) in [5, 5.41) is 2.87. The Morgan fingerprint density at radius 2 is 0.864 bits per heavy atom. The van der Waals surface area contributed by atoms with Gasteiger partial charge in [0.1, 0.15) is 0 Å². The first-order valence-electron chi connectivity index (χ1n) is 13.7. The number of benzene rings is 4. The number of nitrogens with zero attached hydrogens (tertiary/aromatic N) is 6. The Labute approximate surface area is 252 Å². The summed E-state index contributed by atoms with van der Waals surface area (Å²) in [6, 6.07) is 28.5. The van der Waals surface area contributed by atoms with Gasteiger partial charge < -0.3 is 0 Å². The Hall–Kier alpha value is -5.78. The van der Waals surface area contributed by atoms with E-state index in [1.54, 1.807) is 12.1 Å². The summed E-state index contributed by atoms with van der Waals surface area (Å²) in [6.07, 6.45) is 0. The number of nitrogens with one attached hydrogen (secondary N) is 2. The molecule has 12 heteroatoms. The van der Waals surface area contributed by atoms with E-state index in [1.807, 2.05) is 78.9 Å². The zero-order chi connectivity index (χ0) is 29.4. The molecular weight excluding hydrogens is 595 g/mol. The standard InChI is InChI=1S/C32H18N8O.2O.V/c41-23-15-7-14-22-24(23)32-39-30-21-13-6-5-12-20(21)28(37-30)35-26-17-9-2-1-8-16(17)25(33-26)34-27-18-10-3-4-11-19(18)29(36-27)38-31(22)40-32;;;/h1-15,41H,(H2,33,34,35,36,37,38,39,40);;;/q;;;+1/p-1. The quantitative estimate of drug-likeness (QED) is 0.224. The van der Waals surface area contributed by atoms with Gasteiger partial charge >= 0.3 is 235 Å². The van der Waals surface area contributed by atoms with Crippen molar-refractivity contribution in [2.24, 2.45) is 0 Å². The second-order valence-corrected chi connectivity index (χ2v) is 11.2. The average Bonchev–Trinajstić information content (AvgIpc) is 3.77. The van der Waals surface area contributed by atoms with Crippen LogP contribution in [0.2, 0.25) is 0 Å². The molecule has 7 aromatic rings. The van der Waals surface area contributed by atoms with E-state index in [0.29, 0.717) is 56.7 Å². The van der Waals surface area contributed by atoms with Crippen molar-refractivity contribution in [1.82, 2.24) is 39.9 Å². The molecule has 8 bridgehead atoms. The van der Waals surface area contributed by atoms with Crippen LogP contribution in [0, 0.1) is 0 Å². The second kappa shape index (κ2) is 9.36. The predicted octanol–water partition coefficient (Wildman–Crippen LogP) is 6.47. The molecule has 0 saturated carbocycles. The van der Waals surface area contributed by atoms with Crippen molar-refractivity contribution in [2.45, 2.75) is 0 Å². The van der Waals surface area contributed by atoms with Crippen LogP contribution in [-0.4, -0.2) is 39.9 Å². The first-order valence-corrected chi connectivity index (χ1v) is 15.4. The third-order valence-corrected chi connectivity index (χ3v) is 8.25. The number of H-pyrrole nitrogens is 2. The van der Waals surface area contributed by atoms with Crippen LogP contribution < -0.4 is 3.66 Å². The normalized spacial score (nSPS) is 11.8. The fourth-order valence-corrected chi connectivity index (χ4v) is 6.30. The maximum atomic E-state index is 11.7. The molecule has 2 aliphatic heterocycles. The Morgan fingerprint density at radius 3 is 1.36 bits per heavy atom. The van der Waals surface area contributed by atoms with Crippen LogP contribution in [0.15, 0.2) is 91.0 Å². The van der Waals surface area contributed by atoms with Gasteiger partial charge in [-0.15, -0.1) is 0 Å². The molecule has 0 saturated heterocycles. The van der Waals surface area contributed by atoms with Gasteiger partial charge in [0.05, 0.1) is 0 Å². The van der Waals surface area contributed by atoms with Gasteiger partial charge in [0.2, 0.25) is 0 Å². The van der Waals surface area contributed by atoms with Gasteiger partial charge in [-0.1, -0.05) is 18.2 Å². The molecule has 4 aromatic carbocycles. The average molecular weight is 612 g/mol. The summed E-state index contributed by atoms with van der Waals surface area (Å²) < 4.78 is 28.8. The number of hydrogen-bond donors (Lipinski definition) is 2. The minimum atomic E-state index is -4.00. The zero-order valence-corrected chi connectivity index (χ0v) is 23.9. The molecular formula is C32H17N8O3V. The van der Waals surface area contributed by atoms with E-state index < -0.39 is 15.4 Å². The van der Waals surface area contributed by atoms with Crippen LogP contribution in [0.5, 0.6) is 5.75 Å². The van der Waals surface area contributed by atoms with Crippen molar-refractivity contribution in [1.29, 1.82) is 0 Å². The molecule has 0 atom stereocenters. The van der Waals surface area contributed by atoms with E-state index in [1.165, 1.54) is 0 Å². The molecule has 2 N–H and O–H groups in total. The summed E-state index contributed by atoms with van der Waals surface area (Å²) in [6.45, 7) is 0. The zero-order valence-electron chi connectivity index (χ0n) is 22.5. The van der Waals surface area contributed by atoms with E-state index in [-0.39, 0.29) is 5.75 Å². The van der Waals surface area contributed by atoms with Crippen LogP contribution in [0.4, 0.5) is 0 Å². The van der Waals surface area contributed by atoms with Crippen LogP contribution in [-0.2, 0) is 22.7 Å². The number of aromatic amines is 2. The van der Waals surface area contributed by atoms with Gasteiger partial charge in [0.15, 0.2) is 0 Å². The summed E-state index contributed by atoms with van der Waals surface area (Å²) in [4.78, 5) is 36.2. The molecule has 0 aliphatic carbocycles. The van der Waals surface area contributed by atoms with Gasteiger partial charge in [-0.25, -0.2) is 0 Å². The molecule has 3 aromatic heterocycles. The molecule has 0 unspecified atom stereocenters. The van der Waals surface area contributed by atoms with Gasteiger partial charge in [-0.05, 0) is 0 Å². The van der Waals surface area contributed by atoms with Crippen LogP contribution >= 0.6 is 0 Å². The predicted molar refractivity (Wildman–Crippen MR) is 158 cm³/mol. The van der Waals surface area contributed by atoms with Crippen molar-refractivity contribution >= 4 is 44.1 Å². The van der Waals surface area contributed by atoms with E-state index in [4.69, 9.17) is 33.6 Å². The molecule has 44 heavy (non-hydrogen) atoms. The Balaban J connectivity index is 1.51. The summed E-state index contributed by atoms with van der Waals surface area (Å²) >= 11 is -4.00. The fraction of sp³-hybridized carbons (Fsp3) is 0.